The van der Waals surface area contributed by atoms with E-state index in [1.54, 1.807) is 7.11 Å². The minimum Gasteiger partial charge on any atom is -0.385 e. The molecule has 5 heteroatoms. The monoisotopic (exact) mass is 216 g/mol. The average molecular weight is 216 g/mol. The maximum Gasteiger partial charge on any atom is 0.237 e. The van der Waals surface area contributed by atoms with Crippen LogP contribution in [0.1, 0.15) is 19.3 Å². The second-order valence-corrected chi connectivity index (χ2v) is 3.77. The smallest absolute Gasteiger partial charge is 0.237 e. The van der Waals surface area contributed by atoms with E-state index >= 15 is 0 Å². The Morgan fingerprint density at radius 2 is 2.53 bits per heavy atom. The van der Waals surface area contributed by atoms with Gasteiger partial charge in [-0.15, -0.1) is 0 Å². The quantitative estimate of drug-likeness (QED) is 0.636. The van der Waals surface area contributed by atoms with Crippen molar-refractivity contribution in [1.82, 2.24) is 5.32 Å². The van der Waals surface area contributed by atoms with Crippen LogP contribution in [0.5, 0.6) is 0 Å². The van der Waals surface area contributed by atoms with Gasteiger partial charge in [0.05, 0.1) is 12.1 Å². The van der Waals surface area contributed by atoms with Gasteiger partial charge >= 0.3 is 0 Å². The molecule has 0 bridgehead atoms. The predicted octanol–water partition coefficient (Wildman–Crippen LogP) is -0.355. The van der Waals surface area contributed by atoms with E-state index in [1.807, 2.05) is 0 Å². The van der Waals surface area contributed by atoms with Crippen LogP contribution >= 0.6 is 0 Å². The second-order valence-electron chi connectivity index (χ2n) is 3.77. The van der Waals surface area contributed by atoms with Crippen molar-refractivity contribution in [3.05, 3.63) is 0 Å². The molecule has 2 atom stereocenters. The Bertz CT molecular complexity index is 193. The Balaban J connectivity index is 2.11. The fraction of sp³-hybridized carbons (Fsp3) is 0.900. The third-order valence-electron chi connectivity index (χ3n) is 2.50. The van der Waals surface area contributed by atoms with Crippen LogP contribution in [-0.4, -0.2) is 44.9 Å². The summed E-state index contributed by atoms with van der Waals surface area (Å²) in [6.45, 7) is 1.88. The highest BCUT2D eigenvalue weighted by molar-refractivity contribution is 5.81. The topological polar surface area (TPSA) is 73.6 Å². The summed E-state index contributed by atoms with van der Waals surface area (Å²) >= 11 is 0. The Hall–Kier alpha value is -0.650. The van der Waals surface area contributed by atoms with E-state index in [0.29, 0.717) is 19.6 Å². The molecule has 1 saturated heterocycles. The Morgan fingerprint density at radius 3 is 3.13 bits per heavy atom. The maximum atomic E-state index is 11.5. The first kappa shape index (κ1) is 12.4. The van der Waals surface area contributed by atoms with Crippen molar-refractivity contribution < 1.29 is 14.3 Å². The summed E-state index contributed by atoms with van der Waals surface area (Å²) < 4.78 is 10.2. The molecule has 1 fully saturated rings. The van der Waals surface area contributed by atoms with Crippen LogP contribution in [0, 0.1) is 0 Å². The molecular weight excluding hydrogens is 196 g/mol. The molecule has 2 unspecified atom stereocenters. The van der Waals surface area contributed by atoms with Gasteiger partial charge in [0, 0.05) is 26.9 Å². The van der Waals surface area contributed by atoms with Crippen LogP contribution in [0.15, 0.2) is 0 Å². The number of hydrogen-bond donors (Lipinski definition) is 2. The van der Waals surface area contributed by atoms with Gasteiger partial charge in [-0.05, 0) is 19.3 Å². The predicted molar refractivity (Wildman–Crippen MR) is 56.5 cm³/mol. The van der Waals surface area contributed by atoms with Gasteiger partial charge in [0.15, 0.2) is 0 Å². The van der Waals surface area contributed by atoms with E-state index in [-0.39, 0.29) is 12.0 Å². The molecule has 0 aromatic rings. The molecule has 0 aliphatic carbocycles. The first-order valence-electron chi connectivity index (χ1n) is 5.38. The summed E-state index contributed by atoms with van der Waals surface area (Å²) in [5.41, 5.74) is 5.66. The molecular formula is C10H20N2O3. The molecule has 3 N–H and O–H groups in total. The van der Waals surface area contributed by atoms with Crippen LogP contribution < -0.4 is 11.1 Å². The number of carbonyl (C=O) groups is 1. The molecule has 0 spiro atoms. The zero-order chi connectivity index (χ0) is 11.1. The molecule has 0 saturated carbocycles. The highest BCUT2D eigenvalue weighted by Crippen LogP contribution is 2.10. The molecule has 1 aliphatic rings. The Labute approximate surface area is 90.3 Å². The summed E-state index contributed by atoms with van der Waals surface area (Å²) in [5, 5.41) is 2.79. The number of nitrogens with two attached hydrogens (primary N) is 1. The van der Waals surface area contributed by atoms with Gasteiger partial charge < -0.3 is 20.5 Å². The molecule has 15 heavy (non-hydrogen) atoms. The minimum absolute atomic E-state index is 0.123. The highest BCUT2D eigenvalue weighted by atomic mass is 16.5. The minimum atomic E-state index is -0.480. The average Bonchev–Trinajstić information content (AvgIpc) is 2.75. The maximum absolute atomic E-state index is 11.5. The zero-order valence-electron chi connectivity index (χ0n) is 9.20. The number of nitrogens with one attached hydrogen (secondary N) is 1. The van der Waals surface area contributed by atoms with Crippen LogP contribution in [0.3, 0.4) is 0 Å². The third-order valence-corrected chi connectivity index (χ3v) is 2.50. The standard InChI is InChI=1S/C10H20N2O3/c1-14-6-4-9(11)10(13)12-7-8-3-2-5-15-8/h8-9H,2-7,11H2,1H3,(H,12,13). The lowest BCUT2D eigenvalue weighted by molar-refractivity contribution is -0.123. The van der Waals surface area contributed by atoms with Crippen molar-refractivity contribution >= 4 is 5.91 Å². The molecule has 1 heterocycles. The first-order valence-corrected chi connectivity index (χ1v) is 5.38. The normalized spacial score (nSPS) is 22.7. The highest BCUT2D eigenvalue weighted by Gasteiger charge is 2.18. The third kappa shape index (κ3) is 4.59. The van der Waals surface area contributed by atoms with E-state index in [4.69, 9.17) is 15.2 Å². The number of hydrogen-bond acceptors (Lipinski definition) is 4. The van der Waals surface area contributed by atoms with Gasteiger partial charge in [-0.3, -0.25) is 4.79 Å². The summed E-state index contributed by atoms with van der Waals surface area (Å²) in [5.74, 6) is -0.123. The van der Waals surface area contributed by atoms with E-state index in [0.717, 1.165) is 19.4 Å². The van der Waals surface area contributed by atoms with Crippen molar-refractivity contribution in [2.24, 2.45) is 5.73 Å². The van der Waals surface area contributed by atoms with Crippen molar-refractivity contribution in [2.45, 2.75) is 31.4 Å². The van der Waals surface area contributed by atoms with E-state index < -0.39 is 6.04 Å². The molecule has 0 radical (unpaired) electrons. The van der Waals surface area contributed by atoms with E-state index in [2.05, 4.69) is 5.32 Å². The lowest BCUT2D eigenvalue weighted by Gasteiger charge is -2.14. The number of rotatable bonds is 6. The Kier molecular flexibility index (Phi) is 5.60. The lowest BCUT2D eigenvalue weighted by Crippen LogP contribution is -2.43. The van der Waals surface area contributed by atoms with Crippen LogP contribution in [0.2, 0.25) is 0 Å². The van der Waals surface area contributed by atoms with Crippen molar-refractivity contribution in [3.8, 4) is 0 Å². The van der Waals surface area contributed by atoms with Crippen LogP contribution in [0.25, 0.3) is 0 Å². The molecule has 1 rings (SSSR count). The van der Waals surface area contributed by atoms with Gasteiger partial charge in [-0.2, -0.15) is 0 Å². The zero-order valence-corrected chi connectivity index (χ0v) is 9.20. The number of amides is 1. The van der Waals surface area contributed by atoms with Crippen LogP contribution in [-0.2, 0) is 14.3 Å². The SMILES string of the molecule is COCCC(N)C(=O)NCC1CCCO1. The number of methoxy groups -OCH3 is 1. The van der Waals surface area contributed by atoms with Gasteiger partial charge in [0.1, 0.15) is 0 Å². The summed E-state index contributed by atoms with van der Waals surface area (Å²) in [6.07, 6.45) is 2.82. The summed E-state index contributed by atoms with van der Waals surface area (Å²) in [6, 6.07) is -0.480. The van der Waals surface area contributed by atoms with Crippen molar-refractivity contribution in [1.29, 1.82) is 0 Å². The van der Waals surface area contributed by atoms with Gasteiger partial charge in [0.2, 0.25) is 5.91 Å². The van der Waals surface area contributed by atoms with Gasteiger partial charge in [-0.1, -0.05) is 0 Å². The first-order chi connectivity index (χ1) is 7.24. The molecule has 0 aromatic carbocycles. The van der Waals surface area contributed by atoms with E-state index in [9.17, 15) is 4.79 Å². The van der Waals surface area contributed by atoms with Crippen molar-refractivity contribution in [2.75, 3.05) is 26.9 Å². The van der Waals surface area contributed by atoms with Gasteiger partial charge in [0.25, 0.3) is 0 Å². The van der Waals surface area contributed by atoms with Gasteiger partial charge in [-0.25, -0.2) is 0 Å². The molecule has 1 amide bonds. The molecule has 1 aliphatic heterocycles. The summed E-state index contributed by atoms with van der Waals surface area (Å²) in [7, 11) is 1.59. The van der Waals surface area contributed by atoms with E-state index in [1.165, 1.54) is 0 Å². The lowest BCUT2D eigenvalue weighted by atomic mass is 10.2. The van der Waals surface area contributed by atoms with Crippen molar-refractivity contribution in [3.63, 3.8) is 0 Å². The molecule has 0 aromatic heterocycles. The number of ether oxygens (including phenoxy) is 2. The van der Waals surface area contributed by atoms with Crippen LogP contribution in [0.4, 0.5) is 0 Å². The second kappa shape index (κ2) is 6.76. The fourth-order valence-corrected chi connectivity index (χ4v) is 1.53. The molecule has 88 valence electrons. The summed E-state index contributed by atoms with van der Waals surface area (Å²) in [4.78, 5) is 11.5. The fourth-order valence-electron chi connectivity index (χ4n) is 1.53. The Morgan fingerprint density at radius 1 is 1.73 bits per heavy atom. The molecule has 5 nitrogen and oxygen atoms in total. The largest absolute Gasteiger partial charge is 0.385 e. The number of carbonyl (C=O) groups excluding carboxylic acids is 1.